The molecule has 2 aliphatic rings. The molecule has 1 heterocycles. The second-order valence-corrected chi connectivity index (χ2v) is 6.17. The van der Waals surface area contributed by atoms with Gasteiger partial charge in [0.25, 0.3) is 5.91 Å². The largest absolute Gasteiger partial charge is 0.376 e. The summed E-state index contributed by atoms with van der Waals surface area (Å²) in [7, 11) is 0. The lowest BCUT2D eigenvalue weighted by Crippen LogP contribution is -2.72. The van der Waals surface area contributed by atoms with Crippen LogP contribution in [0.25, 0.3) is 0 Å². The summed E-state index contributed by atoms with van der Waals surface area (Å²) in [6.45, 7) is 0.698. The van der Waals surface area contributed by atoms with Crippen molar-refractivity contribution in [3.05, 3.63) is 34.1 Å². The van der Waals surface area contributed by atoms with Gasteiger partial charge in [0.05, 0.1) is 17.7 Å². The number of nitrogens with two attached hydrogens (primary N) is 1. The molecule has 1 saturated carbocycles. The molecule has 3 rings (SSSR count). The van der Waals surface area contributed by atoms with E-state index in [1.807, 2.05) is 0 Å². The van der Waals surface area contributed by atoms with E-state index in [1.54, 1.807) is 12.1 Å². The van der Waals surface area contributed by atoms with Crippen molar-refractivity contribution in [3.63, 3.8) is 0 Å². The van der Waals surface area contributed by atoms with Crippen LogP contribution >= 0.6 is 15.9 Å². The van der Waals surface area contributed by atoms with Crippen molar-refractivity contribution >= 4 is 21.8 Å². The molecule has 0 radical (unpaired) electrons. The fourth-order valence-electron chi connectivity index (χ4n) is 3.06. The van der Waals surface area contributed by atoms with Crippen LogP contribution in [-0.4, -0.2) is 30.7 Å². The predicted molar refractivity (Wildman–Crippen MR) is 75.8 cm³/mol. The van der Waals surface area contributed by atoms with E-state index in [0.717, 1.165) is 12.8 Å². The van der Waals surface area contributed by atoms with Gasteiger partial charge in [-0.15, -0.1) is 0 Å². The fourth-order valence-corrected chi connectivity index (χ4v) is 3.59. The quantitative estimate of drug-likeness (QED) is 0.861. The van der Waals surface area contributed by atoms with E-state index in [4.69, 9.17) is 10.5 Å². The number of fused-ring (bicyclic) bond motifs is 1. The molecule has 3 N–H and O–H groups in total. The molecule has 1 aromatic rings. The van der Waals surface area contributed by atoms with Gasteiger partial charge in [0.1, 0.15) is 5.82 Å². The minimum atomic E-state index is -0.550. The second kappa shape index (κ2) is 5.42. The van der Waals surface area contributed by atoms with E-state index in [-0.39, 0.29) is 23.8 Å². The van der Waals surface area contributed by atoms with Crippen LogP contribution in [0.4, 0.5) is 4.39 Å². The number of amides is 1. The average molecular weight is 343 g/mol. The lowest BCUT2D eigenvalue weighted by atomic mass is 9.68. The molecule has 0 spiro atoms. The lowest BCUT2D eigenvalue weighted by Gasteiger charge is -2.52. The van der Waals surface area contributed by atoms with E-state index >= 15 is 0 Å². The molecule has 1 saturated heterocycles. The van der Waals surface area contributed by atoms with E-state index in [1.165, 1.54) is 6.07 Å². The van der Waals surface area contributed by atoms with Gasteiger partial charge in [-0.1, -0.05) is 6.07 Å². The first-order valence-corrected chi connectivity index (χ1v) is 7.51. The zero-order chi connectivity index (χ0) is 14.3. The highest BCUT2D eigenvalue weighted by Gasteiger charge is 2.51. The molecule has 1 aliphatic heterocycles. The molecule has 1 amide bonds. The Morgan fingerprint density at radius 3 is 3.05 bits per heavy atom. The van der Waals surface area contributed by atoms with Crippen LogP contribution in [0.3, 0.4) is 0 Å². The normalized spacial score (nSPS) is 32.1. The van der Waals surface area contributed by atoms with Crippen molar-refractivity contribution in [1.82, 2.24) is 5.32 Å². The van der Waals surface area contributed by atoms with Crippen molar-refractivity contribution in [1.29, 1.82) is 0 Å². The number of nitrogens with one attached hydrogen (secondary N) is 1. The Bertz CT molecular complexity index is 520. The van der Waals surface area contributed by atoms with Crippen molar-refractivity contribution < 1.29 is 13.9 Å². The second-order valence-electron chi connectivity index (χ2n) is 5.31. The third-order valence-corrected chi connectivity index (χ3v) is 4.83. The lowest BCUT2D eigenvalue weighted by molar-refractivity contribution is -0.117. The number of carbonyl (C=O) groups is 1. The van der Waals surface area contributed by atoms with E-state index < -0.39 is 11.7 Å². The molecule has 0 aromatic heterocycles. The number of hydrogen-bond acceptors (Lipinski definition) is 3. The zero-order valence-electron chi connectivity index (χ0n) is 10.8. The van der Waals surface area contributed by atoms with Gasteiger partial charge in [-0.3, -0.25) is 4.79 Å². The van der Waals surface area contributed by atoms with Crippen LogP contribution in [0.5, 0.6) is 0 Å². The van der Waals surface area contributed by atoms with Crippen LogP contribution in [0.2, 0.25) is 0 Å². The molecule has 20 heavy (non-hydrogen) atoms. The highest BCUT2D eigenvalue weighted by atomic mass is 79.9. The highest BCUT2D eigenvalue weighted by molar-refractivity contribution is 9.10. The molecule has 0 bridgehead atoms. The molecule has 108 valence electrons. The minimum Gasteiger partial charge on any atom is -0.376 e. The van der Waals surface area contributed by atoms with Gasteiger partial charge in [-0.25, -0.2) is 4.39 Å². The number of ether oxygens (including phenoxy) is 1. The minimum absolute atomic E-state index is 0.0129. The first kappa shape index (κ1) is 14.0. The summed E-state index contributed by atoms with van der Waals surface area (Å²) < 4.78 is 19.8. The number of carbonyl (C=O) groups excluding carboxylic acids is 1. The highest BCUT2D eigenvalue weighted by Crippen LogP contribution is 2.37. The van der Waals surface area contributed by atoms with Crippen molar-refractivity contribution in [2.75, 3.05) is 6.61 Å². The van der Waals surface area contributed by atoms with Gasteiger partial charge in [-0.05, 0) is 40.9 Å². The first-order chi connectivity index (χ1) is 9.59. The maximum absolute atomic E-state index is 13.8. The maximum Gasteiger partial charge on any atom is 0.255 e. The van der Waals surface area contributed by atoms with Gasteiger partial charge in [0.15, 0.2) is 0 Å². The summed E-state index contributed by atoms with van der Waals surface area (Å²) in [5.74, 6) is -0.702. The number of hydrogen-bond donors (Lipinski definition) is 2. The van der Waals surface area contributed by atoms with Gasteiger partial charge < -0.3 is 15.8 Å². The number of halogens is 2. The molecule has 4 atom stereocenters. The maximum atomic E-state index is 13.8. The Morgan fingerprint density at radius 2 is 2.30 bits per heavy atom. The monoisotopic (exact) mass is 342 g/mol. The molecule has 4 unspecified atom stereocenters. The van der Waals surface area contributed by atoms with Crippen molar-refractivity contribution in [2.24, 2.45) is 11.7 Å². The summed E-state index contributed by atoms with van der Waals surface area (Å²) in [5.41, 5.74) is 6.09. The Morgan fingerprint density at radius 1 is 1.50 bits per heavy atom. The van der Waals surface area contributed by atoms with Crippen LogP contribution in [0.1, 0.15) is 23.2 Å². The van der Waals surface area contributed by atoms with E-state index in [9.17, 15) is 9.18 Å². The van der Waals surface area contributed by atoms with Gasteiger partial charge in [-0.2, -0.15) is 0 Å². The van der Waals surface area contributed by atoms with Crippen LogP contribution in [0, 0.1) is 11.7 Å². The number of benzene rings is 1. The molecule has 1 aliphatic carbocycles. The molecular weight excluding hydrogens is 327 g/mol. The van der Waals surface area contributed by atoms with Crippen LogP contribution < -0.4 is 11.1 Å². The van der Waals surface area contributed by atoms with Gasteiger partial charge in [0, 0.05) is 23.0 Å². The Hall–Kier alpha value is -0.980. The average Bonchev–Trinajstić information content (AvgIpc) is 2.44. The third-order valence-electron chi connectivity index (χ3n) is 4.16. The SMILES string of the molecule is NC1C2CCCOC2C1NC(=O)c1c(F)cccc1Br. The summed E-state index contributed by atoms with van der Waals surface area (Å²) in [6.07, 6.45) is 2.00. The molecule has 6 heteroatoms. The number of rotatable bonds is 2. The summed E-state index contributed by atoms with van der Waals surface area (Å²) in [4.78, 5) is 12.2. The standard InChI is InChI=1S/C14H16BrFN2O2/c15-8-4-1-5-9(16)10(8)14(19)18-12-11(17)7-3-2-6-20-13(7)12/h1,4-5,7,11-13H,2-3,6,17H2,(H,18,19). The molecular formula is C14H16BrFN2O2. The zero-order valence-corrected chi connectivity index (χ0v) is 12.4. The summed E-state index contributed by atoms with van der Waals surface area (Å²) in [6, 6.07) is 4.10. The van der Waals surface area contributed by atoms with Gasteiger partial charge >= 0.3 is 0 Å². The Balaban J connectivity index is 1.73. The van der Waals surface area contributed by atoms with Crippen molar-refractivity contribution in [2.45, 2.75) is 31.0 Å². The molecule has 2 fully saturated rings. The van der Waals surface area contributed by atoms with E-state index in [0.29, 0.717) is 17.0 Å². The van der Waals surface area contributed by atoms with Crippen LogP contribution in [0.15, 0.2) is 22.7 Å². The van der Waals surface area contributed by atoms with E-state index in [2.05, 4.69) is 21.2 Å². The topological polar surface area (TPSA) is 64.3 Å². The summed E-state index contributed by atoms with van der Waals surface area (Å²) >= 11 is 3.20. The third kappa shape index (κ3) is 2.25. The predicted octanol–water partition coefficient (Wildman–Crippen LogP) is 1.82. The Kier molecular flexibility index (Phi) is 3.79. The first-order valence-electron chi connectivity index (χ1n) is 6.71. The van der Waals surface area contributed by atoms with Crippen molar-refractivity contribution in [3.8, 4) is 0 Å². The molecule has 4 nitrogen and oxygen atoms in total. The van der Waals surface area contributed by atoms with Crippen LogP contribution in [-0.2, 0) is 4.74 Å². The Labute approximate surface area is 125 Å². The molecule has 1 aromatic carbocycles. The fraction of sp³-hybridized carbons (Fsp3) is 0.500. The smallest absolute Gasteiger partial charge is 0.255 e. The van der Waals surface area contributed by atoms with Gasteiger partial charge in [0.2, 0.25) is 0 Å². The summed E-state index contributed by atoms with van der Waals surface area (Å²) in [5, 5.41) is 2.80.